The fourth-order valence-corrected chi connectivity index (χ4v) is 1.99. The first-order valence-corrected chi connectivity index (χ1v) is 6.97. The molecule has 0 aliphatic rings. The van der Waals surface area contributed by atoms with Crippen LogP contribution in [0.4, 0.5) is 0 Å². The molecule has 108 valence electrons. The number of rotatable bonds is 9. The highest BCUT2D eigenvalue weighted by Crippen LogP contribution is 2.08. The van der Waals surface area contributed by atoms with Gasteiger partial charge in [-0.05, 0) is 33.2 Å². The molecule has 0 saturated carbocycles. The van der Waals surface area contributed by atoms with E-state index in [0.717, 1.165) is 18.8 Å². The van der Waals surface area contributed by atoms with Crippen LogP contribution in [0.15, 0.2) is 0 Å². The first-order valence-electron chi connectivity index (χ1n) is 6.97. The SMILES string of the molecule is CC(C)CCCC(C)NC(=O)CN(C)CC(C)O. The molecule has 0 radical (unpaired) electrons. The van der Waals surface area contributed by atoms with Gasteiger partial charge in [-0.3, -0.25) is 9.69 Å². The second-order valence-corrected chi connectivity index (χ2v) is 5.84. The van der Waals surface area contributed by atoms with E-state index in [1.807, 2.05) is 18.9 Å². The lowest BCUT2D eigenvalue weighted by atomic mass is 10.0. The van der Waals surface area contributed by atoms with Gasteiger partial charge in [0.05, 0.1) is 12.6 Å². The molecule has 0 saturated heterocycles. The monoisotopic (exact) mass is 258 g/mol. The van der Waals surface area contributed by atoms with Crippen molar-refractivity contribution in [3.8, 4) is 0 Å². The van der Waals surface area contributed by atoms with Gasteiger partial charge >= 0.3 is 0 Å². The number of carbonyl (C=O) groups is 1. The summed E-state index contributed by atoms with van der Waals surface area (Å²) in [5, 5.41) is 12.2. The van der Waals surface area contributed by atoms with Crippen molar-refractivity contribution >= 4 is 5.91 Å². The number of aliphatic hydroxyl groups is 1. The molecule has 0 aliphatic heterocycles. The standard InChI is InChI=1S/C14H30N2O2/c1-11(2)7-6-8-12(3)15-14(18)10-16(5)9-13(4)17/h11-13,17H,6-10H2,1-5H3,(H,15,18). The zero-order chi connectivity index (χ0) is 14.1. The quantitative estimate of drug-likeness (QED) is 0.661. The fraction of sp³-hybridized carbons (Fsp3) is 0.929. The van der Waals surface area contributed by atoms with Crippen LogP contribution in [0.3, 0.4) is 0 Å². The van der Waals surface area contributed by atoms with Gasteiger partial charge in [0.15, 0.2) is 0 Å². The third kappa shape index (κ3) is 10.5. The highest BCUT2D eigenvalue weighted by Gasteiger charge is 2.11. The van der Waals surface area contributed by atoms with Crippen molar-refractivity contribution in [2.24, 2.45) is 5.92 Å². The molecule has 4 nitrogen and oxygen atoms in total. The molecular weight excluding hydrogens is 228 g/mol. The average Bonchev–Trinajstić information content (AvgIpc) is 2.14. The van der Waals surface area contributed by atoms with E-state index in [1.165, 1.54) is 6.42 Å². The fourth-order valence-electron chi connectivity index (χ4n) is 1.99. The predicted molar refractivity (Wildman–Crippen MR) is 75.5 cm³/mol. The number of nitrogens with one attached hydrogen (secondary N) is 1. The number of carbonyl (C=O) groups excluding carboxylic acids is 1. The van der Waals surface area contributed by atoms with Gasteiger partial charge < -0.3 is 10.4 Å². The van der Waals surface area contributed by atoms with Gasteiger partial charge in [-0.15, -0.1) is 0 Å². The van der Waals surface area contributed by atoms with Gasteiger partial charge in [0.1, 0.15) is 0 Å². The number of aliphatic hydroxyl groups excluding tert-OH is 1. The molecule has 0 fully saturated rings. The highest BCUT2D eigenvalue weighted by molar-refractivity contribution is 5.78. The molecule has 0 aromatic carbocycles. The molecule has 1 amide bonds. The van der Waals surface area contributed by atoms with Crippen LogP contribution < -0.4 is 5.32 Å². The lowest BCUT2D eigenvalue weighted by Crippen LogP contribution is -2.41. The lowest BCUT2D eigenvalue weighted by Gasteiger charge is -2.20. The molecule has 0 spiro atoms. The summed E-state index contributed by atoms with van der Waals surface area (Å²) in [7, 11) is 1.84. The maximum Gasteiger partial charge on any atom is 0.234 e. The van der Waals surface area contributed by atoms with Crippen molar-refractivity contribution in [3.63, 3.8) is 0 Å². The van der Waals surface area contributed by atoms with E-state index < -0.39 is 6.10 Å². The van der Waals surface area contributed by atoms with E-state index in [4.69, 9.17) is 0 Å². The van der Waals surface area contributed by atoms with Crippen molar-refractivity contribution in [2.45, 2.75) is 59.1 Å². The molecule has 0 aliphatic carbocycles. The Kier molecular flexibility index (Phi) is 9.02. The molecule has 0 rings (SSSR count). The largest absolute Gasteiger partial charge is 0.392 e. The van der Waals surface area contributed by atoms with Crippen LogP contribution in [0.2, 0.25) is 0 Å². The summed E-state index contributed by atoms with van der Waals surface area (Å²) in [6.45, 7) is 9.08. The van der Waals surface area contributed by atoms with E-state index in [9.17, 15) is 9.90 Å². The summed E-state index contributed by atoms with van der Waals surface area (Å²) < 4.78 is 0. The molecule has 18 heavy (non-hydrogen) atoms. The third-order valence-corrected chi connectivity index (χ3v) is 2.82. The van der Waals surface area contributed by atoms with Gasteiger partial charge in [0.2, 0.25) is 5.91 Å². The molecule has 4 heteroatoms. The summed E-state index contributed by atoms with van der Waals surface area (Å²) in [5.74, 6) is 0.764. The minimum Gasteiger partial charge on any atom is -0.392 e. The molecular formula is C14H30N2O2. The predicted octanol–water partition coefficient (Wildman–Crippen LogP) is 1.63. The van der Waals surface area contributed by atoms with E-state index in [-0.39, 0.29) is 11.9 Å². The Morgan fingerprint density at radius 2 is 1.83 bits per heavy atom. The van der Waals surface area contributed by atoms with Gasteiger partial charge in [-0.1, -0.05) is 26.7 Å². The van der Waals surface area contributed by atoms with Crippen LogP contribution in [0.25, 0.3) is 0 Å². The second-order valence-electron chi connectivity index (χ2n) is 5.84. The molecule has 0 heterocycles. The smallest absolute Gasteiger partial charge is 0.234 e. The molecule has 2 unspecified atom stereocenters. The summed E-state index contributed by atoms with van der Waals surface area (Å²) >= 11 is 0. The molecule has 0 bridgehead atoms. The minimum absolute atomic E-state index is 0.0372. The Labute approximate surface area is 112 Å². The number of nitrogens with zero attached hydrogens (tertiary/aromatic N) is 1. The Morgan fingerprint density at radius 1 is 1.22 bits per heavy atom. The summed E-state index contributed by atoms with van der Waals surface area (Å²) in [5.41, 5.74) is 0. The van der Waals surface area contributed by atoms with Crippen molar-refractivity contribution in [1.29, 1.82) is 0 Å². The van der Waals surface area contributed by atoms with Crippen molar-refractivity contribution in [3.05, 3.63) is 0 Å². The Hall–Kier alpha value is -0.610. The minimum atomic E-state index is -0.397. The molecule has 2 N–H and O–H groups in total. The van der Waals surface area contributed by atoms with Crippen LogP contribution >= 0.6 is 0 Å². The van der Waals surface area contributed by atoms with Crippen LogP contribution in [0.5, 0.6) is 0 Å². The van der Waals surface area contributed by atoms with Gasteiger partial charge in [0.25, 0.3) is 0 Å². The van der Waals surface area contributed by atoms with Gasteiger partial charge in [0, 0.05) is 12.6 Å². The lowest BCUT2D eigenvalue weighted by molar-refractivity contribution is -0.122. The Morgan fingerprint density at radius 3 is 2.33 bits per heavy atom. The summed E-state index contributed by atoms with van der Waals surface area (Å²) in [4.78, 5) is 13.5. The average molecular weight is 258 g/mol. The summed E-state index contributed by atoms with van der Waals surface area (Å²) in [6, 6.07) is 0.233. The van der Waals surface area contributed by atoms with E-state index >= 15 is 0 Å². The zero-order valence-electron chi connectivity index (χ0n) is 12.6. The maximum absolute atomic E-state index is 11.7. The van der Waals surface area contributed by atoms with Crippen molar-refractivity contribution in [1.82, 2.24) is 10.2 Å². The maximum atomic E-state index is 11.7. The third-order valence-electron chi connectivity index (χ3n) is 2.82. The van der Waals surface area contributed by atoms with E-state index in [0.29, 0.717) is 13.1 Å². The molecule has 0 aromatic rings. The topological polar surface area (TPSA) is 52.6 Å². The van der Waals surface area contributed by atoms with Crippen LogP contribution in [0, 0.1) is 5.92 Å². The van der Waals surface area contributed by atoms with E-state index in [2.05, 4.69) is 19.2 Å². The van der Waals surface area contributed by atoms with Gasteiger partial charge in [-0.25, -0.2) is 0 Å². The Balaban J connectivity index is 3.73. The highest BCUT2D eigenvalue weighted by atomic mass is 16.3. The Bertz CT molecular complexity index is 230. The van der Waals surface area contributed by atoms with Gasteiger partial charge in [-0.2, -0.15) is 0 Å². The zero-order valence-corrected chi connectivity index (χ0v) is 12.6. The second kappa shape index (κ2) is 9.34. The van der Waals surface area contributed by atoms with Crippen LogP contribution in [-0.4, -0.2) is 48.2 Å². The molecule has 0 aromatic heterocycles. The number of likely N-dealkylation sites (N-methyl/N-ethyl adjacent to an activating group) is 1. The van der Waals surface area contributed by atoms with Crippen LogP contribution in [0.1, 0.15) is 47.0 Å². The van der Waals surface area contributed by atoms with Crippen molar-refractivity contribution < 1.29 is 9.90 Å². The number of hydrogen-bond acceptors (Lipinski definition) is 3. The van der Waals surface area contributed by atoms with Crippen LogP contribution in [-0.2, 0) is 4.79 Å². The van der Waals surface area contributed by atoms with E-state index in [1.54, 1.807) is 6.92 Å². The molecule has 2 atom stereocenters. The number of hydrogen-bond donors (Lipinski definition) is 2. The normalized spacial score (nSPS) is 14.9. The first-order chi connectivity index (χ1) is 8.31. The van der Waals surface area contributed by atoms with Crippen molar-refractivity contribution in [2.75, 3.05) is 20.1 Å². The summed E-state index contributed by atoms with van der Waals surface area (Å²) in [6.07, 6.45) is 3.00. The first kappa shape index (κ1) is 17.4. The number of amides is 1.